The zero-order valence-corrected chi connectivity index (χ0v) is 18.2. The fourth-order valence-corrected chi connectivity index (χ4v) is 3.67. The van der Waals surface area contributed by atoms with E-state index >= 15 is 0 Å². The maximum atomic E-state index is 11.9. The van der Waals surface area contributed by atoms with Crippen LogP contribution in [0.1, 0.15) is 23.9 Å². The predicted octanol–water partition coefficient (Wildman–Crippen LogP) is 5.12. The van der Waals surface area contributed by atoms with Crippen LogP contribution in [0.25, 0.3) is 11.5 Å². The first kappa shape index (κ1) is 21.4. The predicted molar refractivity (Wildman–Crippen MR) is 122 cm³/mol. The number of rotatable bonds is 9. The fraction of sp³-hybridized carbons (Fsp3) is 0.231. The Hall–Kier alpha value is -3.80. The van der Waals surface area contributed by atoms with Gasteiger partial charge in [-0.05, 0) is 55.8 Å². The molecular weight excluding hydrogens is 404 g/mol. The summed E-state index contributed by atoms with van der Waals surface area (Å²) in [4.78, 5) is 16.5. The molecule has 6 nitrogen and oxygen atoms in total. The van der Waals surface area contributed by atoms with Gasteiger partial charge in [-0.25, -0.2) is 9.78 Å². The van der Waals surface area contributed by atoms with Crippen LogP contribution >= 0.6 is 0 Å². The third-order valence-electron chi connectivity index (χ3n) is 5.63. The third kappa shape index (κ3) is 4.59. The number of ether oxygens (including phenoxy) is 1. The standard InChI is InChI=1S/C26H26N2O4/c1-19-23(27-24(32-19)21-8-4-3-5-9-21)14-17-31-22-12-10-20(11-13-22)18-26(2,25(29)30)28-15-6-7-16-28/h3-13,15-16H,14,17-18H2,1-2H3,(H,29,30). The van der Waals surface area contributed by atoms with Crippen LogP contribution in [0.5, 0.6) is 5.75 Å². The quantitative estimate of drug-likeness (QED) is 0.399. The first-order valence-corrected chi connectivity index (χ1v) is 10.6. The lowest BCUT2D eigenvalue weighted by atomic mass is 9.92. The van der Waals surface area contributed by atoms with E-state index in [0.717, 1.165) is 28.3 Å². The van der Waals surface area contributed by atoms with E-state index in [1.807, 2.05) is 73.7 Å². The minimum Gasteiger partial charge on any atom is -0.493 e. The molecule has 0 spiro atoms. The molecule has 6 heteroatoms. The summed E-state index contributed by atoms with van der Waals surface area (Å²) in [7, 11) is 0. The Balaban J connectivity index is 1.36. The van der Waals surface area contributed by atoms with Gasteiger partial charge in [0.2, 0.25) is 5.89 Å². The zero-order chi connectivity index (χ0) is 22.6. The van der Waals surface area contributed by atoms with Crippen molar-refractivity contribution in [2.24, 2.45) is 0 Å². The lowest BCUT2D eigenvalue weighted by Gasteiger charge is -2.27. The molecule has 2 heterocycles. The summed E-state index contributed by atoms with van der Waals surface area (Å²) in [6, 6.07) is 21.0. The summed E-state index contributed by atoms with van der Waals surface area (Å²) in [6.07, 6.45) is 4.56. The molecule has 32 heavy (non-hydrogen) atoms. The van der Waals surface area contributed by atoms with E-state index in [9.17, 15) is 9.90 Å². The molecule has 0 amide bonds. The molecule has 0 aliphatic heterocycles. The molecule has 2 aromatic heterocycles. The van der Waals surface area contributed by atoms with Crippen molar-refractivity contribution in [3.05, 3.63) is 96.1 Å². The van der Waals surface area contributed by atoms with Crippen LogP contribution in [0.15, 0.2) is 83.5 Å². The summed E-state index contributed by atoms with van der Waals surface area (Å²) in [6.45, 7) is 4.11. The van der Waals surface area contributed by atoms with Crippen molar-refractivity contribution in [2.45, 2.75) is 32.2 Å². The van der Waals surface area contributed by atoms with Crippen LogP contribution in [0, 0.1) is 6.92 Å². The monoisotopic (exact) mass is 430 g/mol. The first-order valence-electron chi connectivity index (χ1n) is 10.6. The number of nitrogens with zero attached hydrogens (tertiary/aromatic N) is 2. The second kappa shape index (κ2) is 9.14. The lowest BCUT2D eigenvalue weighted by molar-refractivity contribution is -0.146. The Morgan fingerprint density at radius 2 is 1.75 bits per heavy atom. The SMILES string of the molecule is Cc1oc(-c2ccccc2)nc1CCOc1ccc(CC(C)(C(=O)O)n2cccc2)cc1. The van der Waals surface area contributed by atoms with Crippen molar-refractivity contribution in [3.63, 3.8) is 0 Å². The molecule has 0 aliphatic carbocycles. The smallest absolute Gasteiger partial charge is 0.329 e. The number of carboxylic acids is 1. The van der Waals surface area contributed by atoms with E-state index in [1.165, 1.54) is 0 Å². The highest BCUT2D eigenvalue weighted by molar-refractivity contribution is 5.76. The number of hydrogen-bond donors (Lipinski definition) is 1. The van der Waals surface area contributed by atoms with Crippen LogP contribution in [-0.2, 0) is 23.2 Å². The zero-order valence-electron chi connectivity index (χ0n) is 18.2. The molecule has 0 saturated heterocycles. The summed E-state index contributed by atoms with van der Waals surface area (Å²) in [5, 5.41) is 9.78. The summed E-state index contributed by atoms with van der Waals surface area (Å²) in [5.74, 6) is 1.27. The Labute approximate surface area is 187 Å². The summed E-state index contributed by atoms with van der Waals surface area (Å²) < 4.78 is 13.4. The molecule has 0 saturated carbocycles. The number of aliphatic carboxylic acids is 1. The molecule has 1 unspecified atom stereocenters. The molecule has 0 radical (unpaired) electrons. The van der Waals surface area contributed by atoms with Gasteiger partial charge >= 0.3 is 5.97 Å². The highest BCUT2D eigenvalue weighted by atomic mass is 16.5. The van der Waals surface area contributed by atoms with Crippen molar-refractivity contribution >= 4 is 5.97 Å². The van der Waals surface area contributed by atoms with Crippen molar-refractivity contribution in [1.29, 1.82) is 0 Å². The van der Waals surface area contributed by atoms with Crippen molar-refractivity contribution in [3.8, 4) is 17.2 Å². The normalized spacial score (nSPS) is 12.9. The van der Waals surface area contributed by atoms with Gasteiger partial charge in [0.25, 0.3) is 0 Å². The highest BCUT2D eigenvalue weighted by Crippen LogP contribution is 2.25. The molecule has 1 N–H and O–H groups in total. The van der Waals surface area contributed by atoms with E-state index in [-0.39, 0.29) is 0 Å². The molecule has 0 aliphatic rings. The van der Waals surface area contributed by atoms with E-state index in [2.05, 4.69) is 4.98 Å². The van der Waals surface area contributed by atoms with Gasteiger partial charge in [-0.2, -0.15) is 0 Å². The van der Waals surface area contributed by atoms with E-state index in [0.29, 0.717) is 25.3 Å². The van der Waals surface area contributed by atoms with Crippen molar-refractivity contribution in [1.82, 2.24) is 9.55 Å². The van der Waals surface area contributed by atoms with Gasteiger partial charge in [0.1, 0.15) is 17.0 Å². The topological polar surface area (TPSA) is 77.5 Å². The minimum atomic E-state index is -1.05. The van der Waals surface area contributed by atoms with Crippen LogP contribution in [0.4, 0.5) is 0 Å². The average molecular weight is 431 g/mol. The van der Waals surface area contributed by atoms with Crippen molar-refractivity contribution in [2.75, 3.05) is 6.61 Å². The van der Waals surface area contributed by atoms with E-state index < -0.39 is 11.5 Å². The molecule has 4 aromatic rings. The van der Waals surface area contributed by atoms with E-state index in [1.54, 1.807) is 23.9 Å². The number of oxazole rings is 1. The highest BCUT2D eigenvalue weighted by Gasteiger charge is 2.34. The number of carboxylic acid groups (broad SMARTS) is 1. The van der Waals surface area contributed by atoms with Gasteiger partial charge in [0.15, 0.2) is 0 Å². The lowest BCUT2D eigenvalue weighted by Crippen LogP contribution is -2.40. The molecular formula is C26H26N2O4. The largest absolute Gasteiger partial charge is 0.493 e. The van der Waals surface area contributed by atoms with Gasteiger partial charge in [-0.3, -0.25) is 0 Å². The van der Waals surface area contributed by atoms with E-state index in [4.69, 9.17) is 9.15 Å². The van der Waals surface area contributed by atoms with Crippen LogP contribution in [0.2, 0.25) is 0 Å². The number of benzene rings is 2. The molecule has 0 bridgehead atoms. The Bertz CT molecular complexity index is 1160. The van der Waals surface area contributed by atoms with Crippen LogP contribution in [-0.4, -0.2) is 27.2 Å². The Morgan fingerprint density at radius 1 is 1.06 bits per heavy atom. The summed E-state index contributed by atoms with van der Waals surface area (Å²) in [5.41, 5.74) is 1.71. The first-order chi connectivity index (χ1) is 15.5. The number of carbonyl (C=O) groups is 1. The molecule has 164 valence electrons. The number of hydrogen-bond acceptors (Lipinski definition) is 4. The maximum absolute atomic E-state index is 11.9. The molecule has 4 rings (SSSR count). The van der Waals surface area contributed by atoms with Gasteiger partial charge < -0.3 is 18.8 Å². The van der Waals surface area contributed by atoms with Crippen molar-refractivity contribution < 1.29 is 19.1 Å². The number of aromatic nitrogens is 2. The fourth-order valence-electron chi connectivity index (χ4n) is 3.67. The maximum Gasteiger partial charge on any atom is 0.329 e. The molecule has 1 atom stereocenters. The van der Waals surface area contributed by atoms with Gasteiger partial charge in [0.05, 0.1) is 12.3 Å². The Kier molecular flexibility index (Phi) is 6.12. The van der Waals surface area contributed by atoms with Gasteiger partial charge in [-0.15, -0.1) is 0 Å². The Morgan fingerprint density at radius 3 is 2.41 bits per heavy atom. The van der Waals surface area contributed by atoms with Crippen LogP contribution in [0.3, 0.4) is 0 Å². The van der Waals surface area contributed by atoms with Gasteiger partial charge in [-0.1, -0.05) is 30.3 Å². The minimum absolute atomic E-state index is 0.373. The molecule has 2 aromatic carbocycles. The van der Waals surface area contributed by atoms with Crippen LogP contribution < -0.4 is 4.74 Å². The average Bonchev–Trinajstić information content (AvgIpc) is 3.46. The molecule has 0 fully saturated rings. The second-order valence-electron chi connectivity index (χ2n) is 7.98. The summed E-state index contributed by atoms with van der Waals surface area (Å²) >= 11 is 0. The third-order valence-corrected chi connectivity index (χ3v) is 5.63. The van der Waals surface area contributed by atoms with Gasteiger partial charge in [0, 0.05) is 30.8 Å². The number of aryl methyl sites for hydroxylation is 1. The second-order valence-corrected chi connectivity index (χ2v) is 7.98.